The molecule has 2 heterocycles. The number of methoxy groups -OCH3 is 1. The molecule has 0 unspecified atom stereocenters. The van der Waals surface area contributed by atoms with Crippen LogP contribution in [0.4, 0.5) is 13.2 Å². The Morgan fingerprint density at radius 1 is 1.19 bits per heavy atom. The van der Waals surface area contributed by atoms with Crippen molar-refractivity contribution in [2.45, 2.75) is 32.9 Å². The molecule has 0 aromatic carbocycles. The zero-order chi connectivity index (χ0) is 19.3. The van der Waals surface area contributed by atoms with Crippen molar-refractivity contribution in [3.63, 3.8) is 0 Å². The number of amides is 1. The molecule has 0 radical (unpaired) electrons. The van der Waals surface area contributed by atoms with E-state index in [4.69, 9.17) is 4.74 Å². The smallest absolute Gasteiger partial charge is 0.434 e. The van der Waals surface area contributed by atoms with Gasteiger partial charge in [-0.15, -0.1) is 10.2 Å². The molecule has 0 bridgehead atoms. The number of aromatic nitrogens is 4. The van der Waals surface area contributed by atoms with Gasteiger partial charge in [-0.3, -0.25) is 4.79 Å². The second-order valence-electron chi connectivity index (χ2n) is 5.54. The van der Waals surface area contributed by atoms with Gasteiger partial charge in [0.05, 0.1) is 18.9 Å². The SMILES string of the molecule is CCCN(CCC)C(=O)c1cnn(-c2ccc(OC)nn2)c1C(F)(F)F. The number of hydrogen-bond donors (Lipinski definition) is 0. The van der Waals surface area contributed by atoms with Crippen LogP contribution in [0.1, 0.15) is 42.7 Å². The van der Waals surface area contributed by atoms with Crippen LogP contribution in [0.2, 0.25) is 0 Å². The highest BCUT2D eigenvalue weighted by Crippen LogP contribution is 2.34. The third kappa shape index (κ3) is 4.12. The first-order chi connectivity index (χ1) is 12.3. The Morgan fingerprint density at radius 2 is 1.85 bits per heavy atom. The Morgan fingerprint density at radius 3 is 2.31 bits per heavy atom. The molecule has 142 valence electrons. The van der Waals surface area contributed by atoms with E-state index in [1.165, 1.54) is 24.1 Å². The van der Waals surface area contributed by atoms with Crippen molar-refractivity contribution in [1.82, 2.24) is 24.9 Å². The van der Waals surface area contributed by atoms with E-state index >= 15 is 0 Å². The van der Waals surface area contributed by atoms with Crippen LogP contribution in [0.5, 0.6) is 5.88 Å². The molecule has 0 aliphatic rings. The highest BCUT2D eigenvalue weighted by Gasteiger charge is 2.41. The molecule has 0 fully saturated rings. The summed E-state index contributed by atoms with van der Waals surface area (Å²) in [5.41, 5.74) is -1.67. The molecule has 0 aliphatic heterocycles. The van der Waals surface area contributed by atoms with E-state index < -0.39 is 23.3 Å². The largest absolute Gasteiger partial charge is 0.480 e. The van der Waals surface area contributed by atoms with Crippen molar-refractivity contribution in [2.24, 2.45) is 0 Å². The highest BCUT2D eigenvalue weighted by atomic mass is 19.4. The number of ether oxygens (including phenoxy) is 1. The quantitative estimate of drug-likeness (QED) is 0.748. The molecule has 7 nitrogen and oxygen atoms in total. The molecule has 0 saturated heterocycles. The van der Waals surface area contributed by atoms with E-state index in [-0.39, 0.29) is 11.7 Å². The van der Waals surface area contributed by atoms with Gasteiger partial charge in [-0.2, -0.15) is 18.3 Å². The van der Waals surface area contributed by atoms with Gasteiger partial charge in [0.15, 0.2) is 11.5 Å². The van der Waals surface area contributed by atoms with Gasteiger partial charge in [-0.25, -0.2) is 4.68 Å². The molecule has 10 heteroatoms. The molecule has 2 aromatic rings. The monoisotopic (exact) mass is 371 g/mol. The van der Waals surface area contributed by atoms with Gasteiger partial charge in [0.2, 0.25) is 5.88 Å². The van der Waals surface area contributed by atoms with E-state index in [2.05, 4.69) is 15.3 Å². The number of carbonyl (C=O) groups is 1. The summed E-state index contributed by atoms with van der Waals surface area (Å²) >= 11 is 0. The second-order valence-corrected chi connectivity index (χ2v) is 5.54. The van der Waals surface area contributed by atoms with Gasteiger partial charge in [0.1, 0.15) is 0 Å². The van der Waals surface area contributed by atoms with Crippen molar-refractivity contribution in [2.75, 3.05) is 20.2 Å². The summed E-state index contributed by atoms with van der Waals surface area (Å²) in [6, 6.07) is 2.66. The number of alkyl halides is 3. The maximum atomic E-state index is 13.7. The van der Waals surface area contributed by atoms with Crippen LogP contribution in [0.25, 0.3) is 5.82 Å². The van der Waals surface area contributed by atoms with Crippen LogP contribution >= 0.6 is 0 Å². The van der Waals surface area contributed by atoms with Gasteiger partial charge in [-0.1, -0.05) is 13.8 Å². The van der Waals surface area contributed by atoms with E-state index in [1.54, 1.807) is 0 Å². The summed E-state index contributed by atoms with van der Waals surface area (Å²) in [6.45, 7) is 4.46. The van der Waals surface area contributed by atoms with Crippen molar-refractivity contribution in [1.29, 1.82) is 0 Å². The molecule has 2 rings (SSSR count). The first-order valence-electron chi connectivity index (χ1n) is 8.16. The Hall–Kier alpha value is -2.65. The zero-order valence-electron chi connectivity index (χ0n) is 14.7. The third-order valence-corrected chi connectivity index (χ3v) is 3.59. The van der Waals surface area contributed by atoms with Gasteiger partial charge in [0.25, 0.3) is 5.91 Å². The molecule has 0 aliphatic carbocycles. The Labute approximate surface area is 148 Å². The topological polar surface area (TPSA) is 73.1 Å². The fourth-order valence-corrected chi connectivity index (χ4v) is 2.51. The standard InChI is InChI=1S/C16H20F3N5O2/c1-4-8-23(9-5-2)15(25)11-10-20-24(14(11)16(17,18)19)12-6-7-13(26-3)22-21-12/h6-7,10H,4-5,8-9H2,1-3H3. The fraction of sp³-hybridized carbons (Fsp3) is 0.500. The molecular formula is C16H20F3N5O2. The van der Waals surface area contributed by atoms with Gasteiger partial charge >= 0.3 is 6.18 Å². The molecule has 0 saturated carbocycles. The van der Waals surface area contributed by atoms with E-state index in [0.717, 1.165) is 6.20 Å². The normalized spacial score (nSPS) is 11.5. The minimum Gasteiger partial charge on any atom is -0.480 e. The second kappa shape index (κ2) is 8.15. The minimum atomic E-state index is -4.78. The van der Waals surface area contributed by atoms with Crippen molar-refractivity contribution in [3.05, 3.63) is 29.6 Å². The molecule has 0 N–H and O–H groups in total. The number of rotatable bonds is 7. The van der Waals surface area contributed by atoms with E-state index in [0.29, 0.717) is 30.6 Å². The van der Waals surface area contributed by atoms with Crippen molar-refractivity contribution < 1.29 is 22.7 Å². The number of nitrogens with zero attached hydrogens (tertiary/aromatic N) is 5. The molecule has 1 amide bonds. The lowest BCUT2D eigenvalue weighted by Gasteiger charge is -2.22. The average Bonchev–Trinajstić information content (AvgIpc) is 3.06. The fourth-order valence-electron chi connectivity index (χ4n) is 2.51. The van der Waals surface area contributed by atoms with Crippen LogP contribution in [0.3, 0.4) is 0 Å². The number of halogens is 3. The summed E-state index contributed by atoms with van der Waals surface area (Å²) in [4.78, 5) is 14.1. The molecular weight excluding hydrogens is 351 g/mol. The van der Waals surface area contributed by atoms with Crippen LogP contribution in [-0.4, -0.2) is 51.0 Å². The summed E-state index contributed by atoms with van der Waals surface area (Å²) in [5, 5.41) is 11.1. The lowest BCUT2D eigenvalue weighted by Crippen LogP contribution is -2.34. The predicted molar refractivity (Wildman–Crippen MR) is 87.2 cm³/mol. The van der Waals surface area contributed by atoms with Gasteiger partial charge in [-0.05, 0) is 18.9 Å². The molecule has 26 heavy (non-hydrogen) atoms. The van der Waals surface area contributed by atoms with Crippen molar-refractivity contribution >= 4 is 5.91 Å². The summed E-state index contributed by atoms with van der Waals surface area (Å²) in [7, 11) is 1.37. The van der Waals surface area contributed by atoms with E-state index in [1.807, 2.05) is 13.8 Å². The summed E-state index contributed by atoms with van der Waals surface area (Å²) in [5.74, 6) is -0.703. The first-order valence-corrected chi connectivity index (χ1v) is 8.16. The maximum absolute atomic E-state index is 13.7. The predicted octanol–water partition coefficient (Wildman–Crippen LogP) is 2.95. The van der Waals surface area contributed by atoms with Gasteiger partial charge in [0, 0.05) is 19.2 Å². The number of carbonyl (C=O) groups excluding carboxylic acids is 1. The Bertz CT molecular complexity index is 737. The summed E-state index contributed by atoms with van der Waals surface area (Å²) in [6.07, 6.45) is -2.57. The molecule has 0 atom stereocenters. The van der Waals surface area contributed by atoms with Crippen LogP contribution in [-0.2, 0) is 6.18 Å². The first kappa shape index (κ1) is 19.7. The lowest BCUT2D eigenvalue weighted by atomic mass is 10.2. The van der Waals surface area contributed by atoms with Gasteiger partial charge < -0.3 is 9.64 Å². The van der Waals surface area contributed by atoms with Crippen LogP contribution in [0, 0.1) is 0 Å². The highest BCUT2D eigenvalue weighted by molar-refractivity contribution is 5.95. The Balaban J connectivity index is 2.51. The lowest BCUT2D eigenvalue weighted by molar-refractivity contribution is -0.143. The maximum Gasteiger partial charge on any atom is 0.434 e. The van der Waals surface area contributed by atoms with Crippen LogP contribution in [0.15, 0.2) is 18.3 Å². The minimum absolute atomic E-state index is 0.155. The average molecular weight is 371 g/mol. The molecule has 0 spiro atoms. The van der Waals surface area contributed by atoms with Crippen LogP contribution < -0.4 is 4.74 Å². The third-order valence-electron chi connectivity index (χ3n) is 3.59. The zero-order valence-corrected chi connectivity index (χ0v) is 14.7. The Kier molecular flexibility index (Phi) is 6.17. The number of hydrogen-bond acceptors (Lipinski definition) is 5. The van der Waals surface area contributed by atoms with E-state index in [9.17, 15) is 18.0 Å². The van der Waals surface area contributed by atoms with Crippen molar-refractivity contribution in [3.8, 4) is 11.7 Å². The molecule has 2 aromatic heterocycles. The summed E-state index contributed by atoms with van der Waals surface area (Å²) < 4.78 is 46.4.